The molecule has 7 nitrogen and oxygen atoms in total. The fourth-order valence-electron chi connectivity index (χ4n) is 2.55. The zero-order valence-corrected chi connectivity index (χ0v) is 15.6. The molecule has 0 aliphatic carbocycles. The van der Waals surface area contributed by atoms with Gasteiger partial charge in [0.25, 0.3) is 5.91 Å². The van der Waals surface area contributed by atoms with Crippen LogP contribution in [0.25, 0.3) is 0 Å². The maximum Gasteiger partial charge on any atom is 0.251 e. The molecule has 0 saturated carbocycles. The molecule has 3 rings (SSSR count). The minimum atomic E-state index is -3.37. The first-order chi connectivity index (χ1) is 12.2. The molecule has 1 heterocycles. The number of hydrogen-bond acceptors (Lipinski definition) is 5. The van der Waals surface area contributed by atoms with E-state index < -0.39 is 10.0 Å². The van der Waals surface area contributed by atoms with Gasteiger partial charge in [0.05, 0.1) is 17.3 Å². The summed E-state index contributed by atoms with van der Waals surface area (Å²) < 4.78 is 35.6. The fraction of sp³-hybridized carbons (Fsp3) is 0.235. The predicted molar refractivity (Wildman–Crippen MR) is 98.4 cm³/mol. The van der Waals surface area contributed by atoms with E-state index in [0.29, 0.717) is 27.8 Å². The van der Waals surface area contributed by atoms with E-state index in [0.717, 1.165) is 11.8 Å². The van der Waals surface area contributed by atoms with Gasteiger partial charge in [0.15, 0.2) is 11.5 Å². The number of carbonyl (C=O) groups excluding carboxylic acids is 1. The molecule has 0 aromatic heterocycles. The first-order valence-corrected chi connectivity index (χ1v) is 9.97. The molecule has 0 spiro atoms. The molecule has 1 atom stereocenters. The second kappa shape index (κ2) is 7.05. The smallest absolute Gasteiger partial charge is 0.251 e. The van der Waals surface area contributed by atoms with Gasteiger partial charge in [-0.15, -0.1) is 0 Å². The van der Waals surface area contributed by atoms with E-state index in [1.54, 1.807) is 37.3 Å². The molecule has 0 saturated heterocycles. The van der Waals surface area contributed by atoms with Crippen molar-refractivity contribution in [1.29, 1.82) is 0 Å². The third-order valence-electron chi connectivity index (χ3n) is 3.73. The van der Waals surface area contributed by atoms with Gasteiger partial charge >= 0.3 is 0 Å². The van der Waals surface area contributed by atoms with Crippen LogP contribution in [0, 0.1) is 0 Å². The van der Waals surface area contributed by atoms with E-state index in [-0.39, 0.29) is 18.7 Å². The average molecular weight is 397 g/mol. The van der Waals surface area contributed by atoms with Gasteiger partial charge in [-0.3, -0.25) is 9.52 Å². The van der Waals surface area contributed by atoms with Crippen molar-refractivity contribution >= 4 is 33.2 Å². The van der Waals surface area contributed by atoms with Crippen molar-refractivity contribution in [1.82, 2.24) is 5.32 Å². The highest BCUT2D eigenvalue weighted by Gasteiger charge is 2.21. The van der Waals surface area contributed by atoms with E-state index >= 15 is 0 Å². The highest BCUT2D eigenvalue weighted by Crippen LogP contribution is 2.39. The van der Waals surface area contributed by atoms with Gasteiger partial charge in [0.2, 0.25) is 16.8 Å². The minimum Gasteiger partial charge on any atom is -0.454 e. The summed E-state index contributed by atoms with van der Waals surface area (Å²) in [6, 6.07) is 9.54. The molecule has 1 aliphatic rings. The van der Waals surface area contributed by atoms with Crippen LogP contribution in [0.2, 0.25) is 5.02 Å². The van der Waals surface area contributed by atoms with Crippen LogP contribution in [0.4, 0.5) is 5.69 Å². The van der Waals surface area contributed by atoms with Crippen LogP contribution < -0.4 is 19.5 Å². The summed E-state index contributed by atoms with van der Waals surface area (Å²) in [5, 5.41) is 3.15. The Morgan fingerprint density at radius 1 is 1.23 bits per heavy atom. The van der Waals surface area contributed by atoms with Crippen LogP contribution in [0.3, 0.4) is 0 Å². The Bertz CT molecular complexity index is 962. The number of amides is 1. The largest absolute Gasteiger partial charge is 0.454 e. The number of anilines is 1. The first kappa shape index (κ1) is 18.3. The summed E-state index contributed by atoms with van der Waals surface area (Å²) in [7, 11) is -3.37. The fourth-order valence-corrected chi connectivity index (χ4v) is 3.37. The number of nitrogens with one attached hydrogen (secondary N) is 2. The molecule has 9 heteroatoms. The molecule has 1 unspecified atom stereocenters. The average Bonchev–Trinajstić information content (AvgIpc) is 3.02. The Labute approximate surface area is 156 Å². The Kier molecular flexibility index (Phi) is 4.97. The van der Waals surface area contributed by atoms with Crippen molar-refractivity contribution in [3.63, 3.8) is 0 Å². The monoisotopic (exact) mass is 396 g/mol. The van der Waals surface area contributed by atoms with Gasteiger partial charge in [-0.2, -0.15) is 0 Å². The third-order valence-corrected chi connectivity index (χ3v) is 4.61. The van der Waals surface area contributed by atoms with Gasteiger partial charge in [0.1, 0.15) is 0 Å². The number of fused-ring (bicyclic) bond motifs is 1. The van der Waals surface area contributed by atoms with Crippen LogP contribution in [-0.4, -0.2) is 27.4 Å². The number of rotatable bonds is 5. The molecule has 2 aromatic rings. The van der Waals surface area contributed by atoms with Crippen molar-refractivity contribution < 1.29 is 22.7 Å². The highest BCUT2D eigenvalue weighted by atomic mass is 35.5. The SMILES string of the molecule is CC(NC(=O)c1cc(Cl)c2c(c1)OCO2)c1cccc(NS(C)(=O)=O)c1. The lowest BCUT2D eigenvalue weighted by atomic mass is 10.1. The van der Waals surface area contributed by atoms with Crippen LogP contribution in [0.5, 0.6) is 11.5 Å². The first-order valence-electron chi connectivity index (χ1n) is 7.71. The Morgan fingerprint density at radius 2 is 2.00 bits per heavy atom. The van der Waals surface area contributed by atoms with Crippen molar-refractivity contribution in [2.75, 3.05) is 17.8 Å². The van der Waals surface area contributed by atoms with E-state index in [9.17, 15) is 13.2 Å². The Balaban J connectivity index is 1.76. The van der Waals surface area contributed by atoms with Crippen LogP contribution in [0.15, 0.2) is 36.4 Å². The summed E-state index contributed by atoms with van der Waals surface area (Å²) in [5.74, 6) is 0.518. The molecule has 1 aliphatic heterocycles. The molecule has 1 amide bonds. The van der Waals surface area contributed by atoms with E-state index in [2.05, 4.69) is 10.0 Å². The summed E-state index contributed by atoms with van der Waals surface area (Å²) in [5.41, 5.74) is 1.52. The molecular weight excluding hydrogens is 380 g/mol. The third kappa shape index (κ3) is 4.20. The molecular formula is C17H17ClN2O5S. The molecule has 2 N–H and O–H groups in total. The molecule has 26 heavy (non-hydrogen) atoms. The minimum absolute atomic E-state index is 0.0661. The van der Waals surface area contributed by atoms with Crippen LogP contribution in [0.1, 0.15) is 28.9 Å². The van der Waals surface area contributed by atoms with Crippen molar-refractivity contribution in [2.24, 2.45) is 0 Å². The highest BCUT2D eigenvalue weighted by molar-refractivity contribution is 7.92. The van der Waals surface area contributed by atoms with Crippen molar-refractivity contribution in [2.45, 2.75) is 13.0 Å². The van der Waals surface area contributed by atoms with Gasteiger partial charge in [-0.25, -0.2) is 8.42 Å². The summed E-state index contributed by atoms with van der Waals surface area (Å²) in [6.45, 7) is 1.86. The predicted octanol–water partition coefficient (Wildman–Crippen LogP) is 2.93. The topological polar surface area (TPSA) is 93.7 Å². The molecule has 0 fully saturated rings. The number of halogens is 1. The molecule has 0 bridgehead atoms. The number of hydrogen-bond donors (Lipinski definition) is 2. The van der Waals surface area contributed by atoms with Crippen molar-refractivity contribution in [3.05, 3.63) is 52.5 Å². The maximum absolute atomic E-state index is 12.5. The molecule has 2 aromatic carbocycles. The van der Waals surface area contributed by atoms with E-state index in [1.165, 1.54) is 6.07 Å². The molecule has 0 radical (unpaired) electrons. The summed E-state index contributed by atoms with van der Waals surface area (Å²) >= 11 is 6.10. The van der Waals surface area contributed by atoms with Gasteiger partial charge in [-0.05, 0) is 36.8 Å². The quantitative estimate of drug-likeness (QED) is 0.810. The standard InChI is InChI=1S/C17H17ClN2O5S/c1-10(11-4-3-5-13(6-11)20-26(2,22)23)19-17(21)12-7-14(18)16-15(8-12)24-9-25-16/h3-8,10,20H,9H2,1-2H3,(H,19,21). The van der Waals surface area contributed by atoms with Gasteiger partial charge < -0.3 is 14.8 Å². The maximum atomic E-state index is 12.5. The normalized spacial score (nSPS) is 14.0. The number of sulfonamides is 1. The van der Waals surface area contributed by atoms with Gasteiger partial charge in [0, 0.05) is 11.3 Å². The number of benzene rings is 2. The zero-order chi connectivity index (χ0) is 18.9. The second-order valence-corrected chi connectivity index (χ2v) is 8.04. The Hall–Kier alpha value is -2.45. The summed E-state index contributed by atoms with van der Waals surface area (Å²) in [4.78, 5) is 12.5. The lowest BCUT2D eigenvalue weighted by Crippen LogP contribution is -2.26. The lowest BCUT2D eigenvalue weighted by molar-refractivity contribution is 0.0939. The van der Waals surface area contributed by atoms with E-state index in [1.807, 2.05) is 0 Å². The number of ether oxygens (including phenoxy) is 2. The second-order valence-electron chi connectivity index (χ2n) is 5.89. The van der Waals surface area contributed by atoms with Gasteiger partial charge in [-0.1, -0.05) is 23.7 Å². The Morgan fingerprint density at radius 3 is 2.73 bits per heavy atom. The summed E-state index contributed by atoms with van der Waals surface area (Å²) in [6.07, 6.45) is 1.08. The zero-order valence-electron chi connectivity index (χ0n) is 14.1. The van der Waals surface area contributed by atoms with E-state index in [4.69, 9.17) is 21.1 Å². The van der Waals surface area contributed by atoms with Crippen LogP contribution >= 0.6 is 11.6 Å². The van der Waals surface area contributed by atoms with Crippen LogP contribution in [-0.2, 0) is 10.0 Å². The lowest BCUT2D eigenvalue weighted by Gasteiger charge is -2.16. The molecule has 138 valence electrons. The number of carbonyl (C=O) groups is 1. The van der Waals surface area contributed by atoms with Crippen molar-refractivity contribution in [3.8, 4) is 11.5 Å².